The first-order valence-electron chi connectivity index (χ1n) is 4.87. The summed E-state index contributed by atoms with van der Waals surface area (Å²) < 4.78 is 0. The number of allylic oxidation sites excluding steroid dienone is 3. The molecule has 0 heterocycles. The maximum Gasteiger partial charge on any atom is 0.0151 e. The molecule has 0 bridgehead atoms. The van der Waals surface area contributed by atoms with Crippen LogP contribution in [-0.2, 0) is 0 Å². The molecule has 0 N–H and O–H groups in total. The van der Waals surface area contributed by atoms with Crippen LogP contribution in [0.15, 0.2) is 46.2 Å². The Kier molecular flexibility index (Phi) is 2.78. The summed E-state index contributed by atoms with van der Waals surface area (Å²) in [6.07, 6.45) is 7.76. The van der Waals surface area contributed by atoms with Gasteiger partial charge in [-0.1, -0.05) is 47.7 Å². The maximum absolute atomic E-state index is 2.27. The summed E-state index contributed by atoms with van der Waals surface area (Å²) in [5.41, 5.74) is 2.71. The van der Waals surface area contributed by atoms with Gasteiger partial charge in [0.05, 0.1) is 0 Å². The molecule has 0 atom stereocenters. The molecular weight excluding hydrogens is 188 g/mol. The Bertz CT molecular complexity index is 400. The first kappa shape index (κ1) is 9.60. The molecule has 72 valence electrons. The molecule has 1 aliphatic rings. The third-order valence-electron chi connectivity index (χ3n) is 2.30. The lowest BCUT2D eigenvalue weighted by molar-refractivity contribution is 1.27. The minimum absolute atomic E-state index is 1.09. The number of benzene rings is 1. The number of hydrogen-bond donors (Lipinski definition) is 0. The molecule has 0 saturated heterocycles. The third kappa shape index (κ3) is 2.10. The molecule has 0 radical (unpaired) electrons. The van der Waals surface area contributed by atoms with Gasteiger partial charge in [0, 0.05) is 9.80 Å². The molecule has 0 fully saturated rings. The van der Waals surface area contributed by atoms with E-state index in [1.165, 1.54) is 20.9 Å². The van der Waals surface area contributed by atoms with Gasteiger partial charge in [0.1, 0.15) is 0 Å². The SMILES string of the molecule is Cc1ccc(SC2=CCC=C2)c(C)c1. The summed E-state index contributed by atoms with van der Waals surface area (Å²) in [4.78, 5) is 2.74. The first-order chi connectivity index (χ1) is 6.75. The Labute approximate surface area is 89.7 Å². The number of thioether (sulfide) groups is 1. The summed E-state index contributed by atoms with van der Waals surface area (Å²) >= 11 is 1.86. The van der Waals surface area contributed by atoms with Crippen LogP contribution in [0.5, 0.6) is 0 Å². The lowest BCUT2D eigenvalue weighted by Gasteiger charge is -2.05. The van der Waals surface area contributed by atoms with E-state index in [1.54, 1.807) is 0 Å². The van der Waals surface area contributed by atoms with Crippen molar-refractivity contribution in [3.8, 4) is 0 Å². The van der Waals surface area contributed by atoms with Gasteiger partial charge in [0.15, 0.2) is 0 Å². The topological polar surface area (TPSA) is 0 Å². The molecule has 2 rings (SSSR count). The van der Waals surface area contributed by atoms with Gasteiger partial charge in [-0.15, -0.1) is 0 Å². The van der Waals surface area contributed by atoms with Gasteiger partial charge in [-0.2, -0.15) is 0 Å². The number of rotatable bonds is 2. The predicted molar refractivity (Wildman–Crippen MR) is 63.6 cm³/mol. The van der Waals surface area contributed by atoms with Gasteiger partial charge in [0.25, 0.3) is 0 Å². The summed E-state index contributed by atoms with van der Waals surface area (Å²) in [7, 11) is 0. The maximum atomic E-state index is 2.27. The van der Waals surface area contributed by atoms with Crippen LogP contribution in [0.2, 0.25) is 0 Å². The standard InChI is InChI=1S/C13H14S/c1-10-7-8-13(11(2)9-10)14-12-5-3-4-6-12/h3,5-9H,4H2,1-2H3. The van der Waals surface area contributed by atoms with Gasteiger partial charge in [0.2, 0.25) is 0 Å². The first-order valence-corrected chi connectivity index (χ1v) is 5.69. The largest absolute Gasteiger partial charge is 0.0902 e. The van der Waals surface area contributed by atoms with Crippen LogP contribution < -0.4 is 0 Å². The van der Waals surface area contributed by atoms with E-state index in [0.29, 0.717) is 0 Å². The normalized spacial score (nSPS) is 14.6. The quantitative estimate of drug-likeness (QED) is 0.691. The Balaban J connectivity index is 2.20. The van der Waals surface area contributed by atoms with E-state index in [4.69, 9.17) is 0 Å². The summed E-state index contributed by atoms with van der Waals surface area (Å²) in [6, 6.07) is 6.62. The van der Waals surface area contributed by atoms with Gasteiger partial charge in [-0.25, -0.2) is 0 Å². The fraction of sp³-hybridized carbons (Fsp3) is 0.231. The van der Waals surface area contributed by atoms with E-state index in [9.17, 15) is 0 Å². The van der Waals surface area contributed by atoms with Gasteiger partial charge >= 0.3 is 0 Å². The van der Waals surface area contributed by atoms with Crippen molar-refractivity contribution in [2.24, 2.45) is 0 Å². The van der Waals surface area contributed by atoms with Crippen LogP contribution in [0.25, 0.3) is 0 Å². The number of aryl methyl sites for hydroxylation is 2. The van der Waals surface area contributed by atoms with Crippen LogP contribution in [0, 0.1) is 13.8 Å². The molecule has 0 spiro atoms. The van der Waals surface area contributed by atoms with Crippen molar-refractivity contribution < 1.29 is 0 Å². The zero-order valence-corrected chi connectivity index (χ0v) is 9.40. The van der Waals surface area contributed by atoms with Crippen molar-refractivity contribution in [3.05, 3.63) is 52.5 Å². The molecule has 0 aromatic heterocycles. The van der Waals surface area contributed by atoms with Crippen molar-refractivity contribution in [2.45, 2.75) is 25.2 Å². The van der Waals surface area contributed by atoms with Crippen molar-refractivity contribution in [2.75, 3.05) is 0 Å². The fourth-order valence-electron chi connectivity index (χ4n) is 1.55. The Morgan fingerprint density at radius 2 is 2.07 bits per heavy atom. The second-order valence-electron chi connectivity index (χ2n) is 3.62. The van der Waals surface area contributed by atoms with Crippen molar-refractivity contribution >= 4 is 11.8 Å². The predicted octanol–water partition coefficient (Wildman–Crippen LogP) is 4.24. The van der Waals surface area contributed by atoms with Crippen molar-refractivity contribution in [3.63, 3.8) is 0 Å². The van der Waals surface area contributed by atoms with E-state index in [0.717, 1.165) is 6.42 Å². The Hall–Kier alpha value is -0.950. The Morgan fingerprint density at radius 3 is 2.71 bits per heavy atom. The molecule has 1 aromatic rings. The molecule has 0 amide bonds. The highest BCUT2D eigenvalue weighted by Gasteiger charge is 2.03. The zero-order valence-electron chi connectivity index (χ0n) is 8.58. The van der Waals surface area contributed by atoms with E-state index in [2.05, 4.69) is 50.3 Å². The highest BCUT2D eigenvalue weighted by Crippen LogP contribution is 2.32. The lowest BCUT2D eigenvalue weighted by Crippen LogP contribution is -1.81. The second kappa shape index (κ2) is 4.05. The lowest BCUT2D eigenvalue weighted by atomic mass is 10.2. The molecule has 0 aliphatic heterocycles. The summed E-state index contributed by atoms with van der Waals surface area (Å²) in [5.74, 6) is 0. The van der Waals surface area contributed by atoms with Crippen LogP contribution in [-0.4, -0.2) is 0 Å². The van der Waals surface area contributed by atoms with Crippen molar-refractivity contribution in [1.29, 1.82) is 0 Å². The van der Waals surface area contributed by atoms with Crippen LogP contribution in [0.4, 0.5) is 0 Å². The zero-order chi connectivity index (χ0) is 9.97. The smallest absolute Gasteiger partial charge is 0.0151 e. The molecule has 1 heteroatoms. The van der Waals surface area contributed by atoms with Crippen LogP contribution in [0.3, 0.4) is 0 Å². The summed E-state index contributed by atoms with van der Waals surface area (Å²) in [5, 5.41) is 0. The molecule has 14 heavy (non-hydrogen) atoms. The van der Waals surface area contributed by atoms with Crippen molar-refractivity contribution in [1.82, 2.24) is 0 Å². The van der Waals surface area contributed by atoms with Gasteiger partial charge in [-0.05, 0) is 31.9 Å². The minimum Gasteiger partial charge on any atom is -0.0902 e. The molecular formula is C13H14S. The monoisotopic (exact) mass is 202 g/mol. The Morgan fingerprint density at radius 1 is 1.21 bits per heavy atom. The average molecular weight is 202 g/mol. The fourth-order valence-corrected chi connectivity index (χ4v) is 2.51. The minimum atomic E-state index is 1.09. The molecule has 0 saturated carbocycles. The van der Waals surface area contributed by atoms with Crippen LogP contribution >= 0.6 is 11.8 Å². The highest BCUT2D eigenvalue weighted by atomic mass is 32.2. The van der Waals surface area contributed by atoms with E-state index in [-0.39, 0.29) is 0 Å². The summed E-state index contributed by atoms with van der Waals surface area (Å²) in [6.45, 7) is 4.31. The van der Waals surface area contributed by atoms with Gasteiger partial charge < -0.3 is 0 Å². The van der Waals surface area contributed by atoms with Gasteiger partial charge in [-0.3, -0.25) is 0 Å². The second-order valence-corrected chi connectivity index (χ2v) is 4.73. The average Bonchev–Trinajstić information content (AvgIpc) is 2.62. The molecule has 1 aromatic carbocycles. The van der Waals surface area contributed by atoms with E-state index >= 15 is 0 Å². The molecule has 1 aliphatic carbocycles. The third-order valence-corrected chi connectivity index (χ3v) is 3.51. The molecule has 0 unspecified atom stereocenters. The highest BCUT2D eigenvalue weighted by molar-refractivity contribution is 8.03. The van der Waals surface area contributed by atoms with Crippen LogP contribution in [0.1, 0.15) is 17.5 Å². The van der Waals surface area contributed by atoms with E-state index < -0.39 is 0 Å². The van der Waals surface area contributed by atoms with E-state index in [1.807, 2.05) is 11.8 Å². The molecule has 0 nitrogen and oxygen atoms in total. The number of hydrogen-bond acceptors (Lipinski definition) is 1.